The summed E-state index contributed by atoms with van der Waals surface area (Å²) in [5.74, 6) is 0.630. The number of nitrogens with zero attached hydrogens (tertiary/aromatic N) is 1. The highest BCUT2D eigenvalue weighted by molar-refractivity contribution is 5.70. The van der Waals surface area contributed by atoms with E-state index in [4.69, 9.17) is 9.15 Å². The van der Waals surface area contributed by atoms with Gasteiger partial charge in [0.2, 0.25) is 0 Å². The molecule has 0 atom stereocenters. The highest BCUT2D eigenvalue weighted by Gasteiger charge is 2.01. The van der Waals surface area contributed by atoms with Crippen LogP contribution in [0.4, 0.5) is 0 Å². The first-order valence-corrected chi connectivity index (χ1v) is 4.96. The Morgan fingerprint density at radius 1 is 1.31 bits per heavy atom. The van der Waals surface area contributed by atoms with Crippen molar-refractivity contribution in [3.8, 4) is 5.95 Å². The Kier molecular flexibility index (Phi) is 3.33. The average Bonchev–Trinajstić information content (AvgIpc) is 2.78. The summed E-state index contributed by atoms with van der Waals surface area (Å²) in [6.45, 7) is 0.475. The van der Waals surface area contributed by atoms with E-state index in [1.807, 2.05) is 18.2 Å². The second-order valence-corrected chi connectivity index (χ2v) is 3.19. The number of hydrogen-bond donors (Lipinski definition) is 0. The predicted octanol–water partition coefficient (Wildman–Crippen LogP) is 2.11. The maximum Gasteiger partial charge on any atom is 0.284 e. The van der Waals surface area contributed by atoms with Crippen molar-refractivity contribution in [3.05, 3.63) is 48.0 Å². The lowest BCUT2D eigenvalue weighted by atomic mass is 10.3. The van der Waals surface area contributed by atoms with E-state index in [2.05, 4.69) is 4.98 Å². The van der Waals surface area contributed by atoms with E-state index in [-0.39, 0.29) is 5.76 Å². The Hall–Kier alpha value is -2.10. The van der Waals surface area contributed by atoms with Crippen LogP contribution in [0.1, 0.15) is 16.2 Å². The van der Waals surface area contributed by atoms with Crippen LogP contribution in [0.3, 0.4) is 0 Å². The predicted molar refractivity (Wildman–Crippen MR) is 57.5 cm³/mol. The third-order valence-electron chi connectivity index (χ3n) is 2.05. The lowest BCUT2D eigenvalue weighted by molar-refractivity contribution is 0.109. The summed E-state index contributed by atoms with van der Waals surface area (Å²) in [4.78, 5) is 14.5. The summed E-state index contributed by atoms with van der Waals surface area (Å²) in [6.07, 6.45) is 3.09. The maximum absolute atomic E-state index is 10.4. The van der Waals surface area contributed by atoms with Crippen LogP contribution in [-0.2, 0) is 6.42 Å². The van der Waals surface area contributed by atoms with Crippen molar-refractivity contribution < 1.29 is 13.9 Å². The van der Waals surface area contributed by atoms with Gasteiger partial charge in [0, 0.05) is 24.4 Å². The lowest BCUT2D eigenvalue weighted by Gasteiger charge is -2.01. The topological polar surface area (TPSA) is 52.3 Å². The van der Waals surface area contributed by atoms with Crippen LogP contribution in [0.5, 0.6) is 5.95 Å². The maximum atomic E-state index is 10.4. The molecule has 0 aliphatic heterocycles. The second kappa shape index (κ2) is 5.11. The molecule has 4 heteroatoms. The third kappa shape index (κ3) is 2.70. The highest BCUT2D eigenvalue weighted by atomic mass is 16.6. The zero-order valence-corrected chi connectivity index (χ0v) is 8.63. The SMILES string of the molecule is O=Cc1ccc(OCCc2ccccn2)o1. The number of carbonyl (C=O) groups is 1. The van der Waals surface area contributed by atoms with Crippen LogP contribution in [-0.4, -0.2) is 17.9 Å². The molecule has 0 bridgehead atoms. The Morgan fingerprint density at radius 3 is 2.94 bits per heavy atom. The van der Waals surface area contributed by atoms with Crippen molar-refractivity contribution in [2.24, 2.45) is 0 Å². The van der Waals surface area contributed by atoms with E-state index in [1.54, 1.807) is 18.3 Å². The van der Waals surface area contributed by atoms with E-state index in [1.165, 1.54) is 0 Å². The van der Waals surface area contributed by atoms with Crippen LogP contribution < -0.4 is 4.74 Å². The molecule has 82 valence electrons. The summed E-state index contributed by atoms with van der Waals surface area (Å²) in [7, 11) is 0. The van der Waals surface area contributed by atoms with Gasteiger partial charge in [-0.15, -0.1) is 0 Å². The molecule has 0 aliphatic carbocycles. The first-order chi connectivity index (χ1) is 7.88. The van der Waals surface area contributed by atoms with Crippen LogP contribution in [0.25, 0.3) is 0 Å². The van der Waals surface area contributed by atoms with Gasteiger partial charge in [-0.05, 0) is 18.2 Å². The van der Waals surface area contributed by atoms with Gasteiger partial charge in [-0.1, -0.05) is 6.07 Å². The Balaban J connectivity index is 1.82. The van der Waals surface area contributed by atoms with Gasteiger partial charge in [0.1, 0.15) is 0 Å². The van der Waals surface area contributed by atoms with Crippen molar-refractivity contribution in [2.75, 3.05) is 6.61 Å². The third-order valence-corrected chi connectivity index (χ3v) is 2.05. The van der Waals surface area contributed by atoms with Crippen molar-refractivity contribution in [1.82, 2.24) is 4.98 Å². The van der Waals surface area contributed by atoms with Gasteiger partial charge in [0.05, 0.1) is 6.61 Å². The van der Waals surface area contributed by atoms with Crippen LogP contribution in [0.15, 0.2) is 40.9 Å². The number of hydrogen-bond acceptors (Lipinski definition) is 4. The summed E-state index contributed by atoms with van der Waals surface area (Å²) in [5, 5.41) is 0. The average molecular weight is 217 g/mol. The molecular weight excluding hydrogens is 206 g/mol. The number of aldehydes is 1. The van der Waals surface area contributed by atoms with Crippen LogP contribution in [0.2, 0.25) is 0 Å². The summed E-state index contributed by atoms with van der Waals surface area (Å²) >= 11 is 0. The number of carbonyl (C=O) groups excluding carboxylic acids is 1. The zero-order valence-electron chi connectivity index (χ0n) is 8.63. The molecule has 0 radical (unpaired) electrons. The molecule has 4 nitrogen and oxygen atoms in total. The standard InChI is InChI=1S/C12H11NO3/c14-9-11-4-5-12(16-11)15-8-6-10-3-1-2-7-13-10/h1-5,7,9H,6,8H2. The number of furan rings is 1. The molecule has 16 heavy (non-hydrogen) atoms. The van der Waals surface area contributed by atoms with E-state index < -0.39 is 0 Å². The van der Waals surface area contributed by atoms with Crippen molar-refractivity contribution in [2.45, 2.75) is 6.42 Å². The zero-order chi connectivity index (χ0) is 11.2. The van der Waals surface area contributed by atoms with E-state index in [9.17, 15) is 4.79 Å². The molecule has 0 fully saturated rings. The Morgan fingerprint density at radius 2 is 2.25 bits per heavy atom. The molecule has 2 heterocycles. The van der Waals surface area contributed by atoms with E-state index in [0.717, 1.165) is 5.69 Å². The number of pyridine rings is 1. The molecule has 0 N–H and O–H groups in total. The first kappa shape index (κ1) is 10.4. The largest absolute Gasteiger partial charge is 0.465 e. The molecular formula is C12H11NO3. The fourth-order valence-electron chi connectivity index (χ4n) is 1.28. The van der Waals surface area contributed by atoms with Crippen LogP contribution in [0, 0.1) is 0 Å². The van der Waals surface area contributed by atoms with E-state index in [0.29, 0.717) is 25.3 Å². The molecule has 0 saturated heterocycles. The minimum absolute atomic E-state index is 0.271. The molecule has 0 aliphatic rings. The molecule has 0 amide bonds. The summed E-state index contributed by atoms with van der Waals surface area (Å²) in [6, 6.07) is 8.93. The molecule has 2 aromatic rings. The van der Waals surface area contributed by atoms with Gasteiger partial charge >= 0.3 is 0 Å². The van der Waals surface area contributed by atoms with Crippen molar-refractivity contribution in [3.63, 3.8) is 0 Å². The first-order valence-electron chi connectivity index (χ1n) is 4.96. The highest BCUT2D eigenvalue weighted by Crippen LogP contribution is 2.14. The van der Waals surface area contributed by atoms with Gasteiger partial charge < -0.3 is 9.15 Å². The smallest absolute Gasteiger partial charge is 0.284 e. The minimum atomic E-state index is 0.271. The molecule has 0 aromatic carbocycles. The van der Waals surface area contributed by atoms with Gasteiger partial charge in [0.15, 0.2) is 12.0 Å². The monoisotopic (exact) mass is 217 g/mol. The van der Waals surface area contributed by atoms with Crippen molar-refractivity contribution in [1.29, 1.82) is 0 Å². The second-order valence-electron chi connectivity index (χ2n) is 3.19. The minimum Gasteiger partial charge on any atom is -0.465 e. The Labute approximate surface area is 92.9 Å². The lowest BCUT2D eigenvalue weighted by Crippen LogP contribution is -2.01. The normalized spacial score (nSPS) is 10.0. The molecule has 0 spiro atoms. The van der Waals surface area contributed by atoms with Gasteiger partial charge in [0.25, 0.3) is 5.95 Å². The summed E-state index contributed by atoms with van der Waals surface area (Å²) in [5.41, 5.74) is 0.963. The quantitative estimate of drug-likeness (QED) is 0.720. The van der Waals surface area contributed by atoms with Crippen LogP contribution >= 0.6 is 0 Å². The molecule has 0 unspecified atom stereocenters. The van der Waals surface area contributed by atoms with Gasteiger partial charge in [-0.25, -0.2) is 0 Å². The molecule has 0 saturated carbocycles. The van der Waals surface area contributed by atoms with Gasteiger partial charge in [-0.2, -0.15) is 0 Å². The molecule has 2 aromatic heterocycles. The van der Waals surface area contributed by atoms with Crippen molar-refractivity contribution >= 4 is 6.29 Å². The number of ether oxygens (including phenoxy) is 1. The van der Waals surface area contributed by atoms with Gasteiger partial charge in [-0.3, -0.25) is 9.78 Å². The fraction of sp³-hybridized carbons (Fsp3) is 0.167. The fourth-order valence-corrected chi connectivity index (χ4v) is 1.28. The summed E-state index contributed by atoms with van der Waals surface area (Å²) < 4.78 is 10.4. The number of rotatable bonds is 5. The van der Waals surface area contributed by atoms with E-state index >= 15 is 0 Å². The number of aromatic nitrogens is 1. The Bertz CT molecular complexity index is 450. The molecule has 2 rings (SSSR count).